The van der Waals surface area contributed by atoms with Crippen molar-refractivity contribution in [3.8, 4) is 11.4 Å². The maximum atomic E-state index is 12.4. The Bertz CT molecular complexity index is 1210. The number of anilines is 2. The molecule has 8 heteroatoms. The highest BCUT2D eigenvalue weighted by atomic mass is 16.5. The summed E-state index contributed by atoms with van der Waals surface area (Å²) in [4.78, 5) is 26.0. The number of para-hydroxylation sites is 1. The fourth-order valence-electron chi connectivity index (χ4n) is 3.97. The van der Waals surface area contributed by atoms with E-state index in [2.05, 4.69) is 15.4 Å². The van der Waals surface area contributed by atoms with Gasteiger partial charge in [0.1, 0.15) is 29.3 Å². The molecule has 0 unspecified atom stereocenters. The maximum Gasteiger partial charge on any atom is 0.168 e. The number of carbonyl (C=O) groups excluding carboxylic acids is 1. The van der Waals surface area contributed by atoms with E-state index in [4.69, 9.17) is 14.7 Å². The molecule has 3 aromatic rings. The van der Waals surface area contributed by atoms with Gasteiger partial charge in [0.05, 0.1) is 29.9 Å². The van der Waals surface area contributed by atoms with Gasteiger partial charge in [-0.25, -0.2) is 9.67 Å². The lowest BCUT2D eigenvalue weighted by Crippen LogP contribution is -2.09. The van der Waals surface area contributed by atoms with Gasteiger partial charge in [0.25, 0.3) is 0 Å². The molecular weight excluding hydrogens is 392 g/mol. The van der Waals surface area contributed by atoms with E-state index < -0.39 is 0 Å². The minimum Gasteiger partial charge on any atom is -0.492 e. The van der Waals surface area contributed by atoms with Crippen LogP contribution in [0.3, 0.4) is 0 Å². The predicted octanol–water partition coefficient (Wildman–Crippen LogP) is 3.89. The van der Waals surface area contributed by atoms with Crippen LogP contribution in [0.25, 0.3) is 5.69 Å². The number of aromatic nitrogens is 4. The smallest absolute Gasteiger partial charge is 0.168 e. The normalized spacial score (nSPS) is 14.9. The number of hydrogen-bond acceptors (Lipinski definition) is 7. The summed E-state index contributed by atoms with van der Waals surface area (Å²) in [6, 6.07) is 7.76. The Balaban J connectivity index is 1.54. The van der Waals surface area contributed by atoms with Gasteiger partial charge in [-0.05, 0) is 44.9 Å². The first-order valence-electron chi connectivity index (χ1n) is 10.4. The van der Waals surface area contributed by atoms with E-state index in [9.17, 15) is 4.79 Å². The average molecular weight is 416 g/mol. The zero-order valence-corrected chi connectivity index (χ0v) is 17.8. The maximum absolute atomic E-state index is 12.4. The van der Waals surface area contributed by atoms with Gasteiger partial charge in [-0.3, -0.25) is 14.8 Å². The van der Waals surface area contributed by atoms with Crippen LogP contribution in [0.4, 0.5) is 17.1 Å². The minimum absolute atomic E-state index is 0.215. The minimum atomic E-state index is 0.215. The number of ketones is 1. The lowest BCUT2D eigenvalue weighted by molar-refractivity contribution is -0.119. The van der Waals surface area contributed by atoms with Crippen molar-refractivity contribution in [2.24, 2.45) is 10.9 Å². The van der Waals surface area contributed by atoms with Crippen molar-refractivity contribution in [2.75, 3.05) is 12.4 Å². The molecule has 0 saturated heterocycles. The number of pyridine rings is 1. The third kappa shape index (κ3) is 3.69. The first kappa shape index (κ1) is 19.4. The van der Waals surface area contributed by atoms with Crippen molar-refractivity contribution < 1.29 is 9.53 Å². The molecule has 0 atom stereocenters. The summed E-state index contributed by atoms with van der Waals surface area (Å²) >= 11 is 0. The van der Waals surface area contributed by atoms with Crippen molar-refractivity contribution in [1.29, 1.82) is 0 Å². The molecule has 0 spiro atoms. The molecule has 1 fully saturated rings. The predicted molar refractivity (Wildman–Crippen MR) is 118 cm³/mol. The molecule has 31 heavy (non-hydrogen) atoms. The summed E-state index contributed by atoms with van der Waals surface area (Å²) in [6.07, 6.45) is 4.59. The van der Waals surface area contributed by atoms with Gasteiger partial charge in [-0.2, -0.15) is 5.10 Å². The van der Waals surface area contributed by atoms with Gasteiger partial charge >= 0.3 is 0 Å². The summed E-state index contributed by atoms with van der Waals surface area (Å²) in [5, 5.41) is 7.79. The van der Waals surface area contributed by atoms with E-state index >= 15 is 0 Å². The summed E-state index contributed by atoms with van der Waals surface area (Å²) < 4.78 is 7.48. The number of carbonyl (C=O) groups is 1. The molecule has 0 radical (unpaired) electrons. The fraction of sp³-hybridized carbons (Fsp3) is 0.348. The Morgan fingerprint density at radius 2 is 2.10 bits per heavy atom. The Kier molecular flexibility index (Phi) is 4.77. The molecule has 1 saturated carbocycles. The van der Waals surface area contributed by atoms with Gasteiger partial charge in [-0.15, -0.1) is 0 Å². The van der Waals surface area contributed by atoms with Crippen molar-refractivity contribution in [3.63, 3.8) is 0 Å². The lowest BCUT2D eigenvalue weighted by atomic mass is 10.1. The molecule has 1 aromatic carbocycles. The van der Waals surface area contributed by atoms with Crippen LogP contribution < -0.4 is 10.1 Å². The van der Waals surface area contributed by atoms with E-state index in [1.54, 1.807) is 11.8 Å². The van der Waals surface area contributed by atoms with E-state index in [1.807, 2.05) is 38.1 Å². The number of aryl methyl sites for hydroxylation is 1. The Morgan fingerprint density at radius 1 is 1.26 bits per heavy atom. The number of methoxy groups -OCH3 is 1. The number of nitrogens with zero attached hydrogens (tertiary/aromatic N) is 5. The second kappa shape index (κ2) is 7.61. The summed E-state index contributed by atoms with van der Waals surface area (Å²) in [5.74, 6) is 1.90. The SMILES string of the molecule is COc1c(Nc2cc(CC(=O)C3CC3)nc3c2N=C(C)C3)cccc1-n1ncnc1C. The molecule has 1 N–H and O–H groups in total. The number of ether oxygens (including phenoxy) is 1. The molecule has 2 aromatic heterocycles. The van der Waals surface area contributed by atoms with Gasteiger partial charge in [0, 0.05) is 24.5 Å². The van der Waals surface area contributed by atoms with Gasteiger partial charge in [0.15, 0.2) is 5.75 Å². The quantitative estimate of drug-likeness (QED) is 0.628. The molecule has 2 aliphatic rings. The van der Waals surface area contributed by atoms with Crippen LogP contribution in [0.5, 0.6) is 5.75 Å². The highest BCUT2D eigenvalue weighted by molar-refractivity contribution is 5.96. The van der Waals surface area contributed by atoms with E-state index in [0.29, 0.717) is 18.6 Å². The van der Waals surface area contributed by atoms with Gasteiger partial charge < -0.3 is 10.1 Å². The first-order chi connectivity index (χ1) is 15.0. The second-order valence-electron chi connectivity index (χ2n) is 8.10. The summed E-state index contributed by atoms with van der Waals surface area (Å²) in [5.41, 5.74) is 5.92. The summed E-state index contributed by atoms with van der Waals surface area (Å²) in [6.45, 7) is 3.89. The number of nitrogens with one attached hydrogen (secondary N) is 1. The largest absolute Gasteiger partial charge is 0.492 e. The second-order valence-corrected chi connectivity index (χ2v) is 8.10. The van der Waals surface area contributed by atoms with E-state index in [1.165, 1.54) is 6.33 Å². The Labute approximate surface area is 180 Å². The zero-order valence-electron chi connectivity index (χ0n) is 17.8. The average Bonchev–Trinajstić information content (AvgIpc) is 3.41. The van der Waals surface area contributed by atoms with Crippen molar-refractivity contribution in [2.45, 2.75) is 39.5 Å². The summed E-state index contributed by atoms with van der Waals surface area (Å²) in [7, 11) is 1.63. The van der Waals surface area contributed by atoms with Gasteiger partial charge in [-0.1, -0.05) is 6.07 Å². The number of benzene rings is 1. The van der Waals surface area contributed by atoms with Crippen LogP contribution in [0.2, 0.25) is 0 Å². The van der Waals surface area contributed by atoms with Crippen LogP contribution in [0.1, 0.15) is 37.0 Å². The molecule has 1 aliphatic carbocycles. The van der Waals surface area contributed by atoms with Crippen LogP contribution >= 0.6 is 0 Å². The van der Waals surface area contributed by atoms with Crippen LogP contribution in [-0.4, -0.2) is 38.4 Å². The molecule has 3 heterocycles. The third-order valence-electron chi connectivity index (χ3n) is 5.65. The molecule has 1 aliphatic heterocycles. The molecule has 0 amide bonds. The van der Waals surface area contributed by atoms with Crippen molar-refractivity contribution in [1.82, 2.24) is 19.7 Å². The standard InChI is InChI=1S/C23H24N6O2/c1-13-9-18-22(26-13)19(10-16(27-18)11-21(30)15-7-8-15)28-17-5-4-6-20(23(17)31-3)29-14(2)24-12-25-29/h4-6,10,12,15H,7-9,11H2,1-3H3,(H,27,28). The Hall–Kier alpha value is -3.55. The number of hydrogen-bond donors (Lipinski definition) is 1. The highest BCUT2D eigenvalue weighted by Crippen LogP contribution is 2.40. The van der Waals surface area contributed by atoms with Crippen molar-refractivity contribution in [3.05, 3.63) is 47.8 Å². The number of Topliss-reactive ketones (excluding diaryl/α,β-unsaturated/α-hetero) is 1. The third-order valence-corrected chi connectivity index (χ3v) is 5.65. The zero-order chi connectivity index (χ0) is 21.5. The Morgan fingerprint density at radius 3 is 2.81 bits per heavy atom. The van der Waals surface area contributed by atoms with Crippen LogP contribution in [0.15, 0.2) is 35.6 Å². The van der Waals surface area contributed by atoms with Crippen molar-refractivity contribution >= 4 is 28.6 Å². The highest BCUT2D eigenvalue weighted by Gasteiger charge is 2.30. The lowest BCUT2D eigenvalue weighted by Gasteiger charge is -2.17. The van der Waals surface area contributed by atoms with E-state index in [-0.39, 0.29) is 11.7 Å². The topological polar surface area (TPSA) is 94.3 Å². The molecular formula is C23H24N6O2. The molecule has 0 bridgehead atoms. The monoisotopic (exact) mass is 416 g/mol. The van der Waals surface area contributed by atoms with E-state index in [0.717, 1.165) is 58.5 Å². The number of aliphatic imine (C=N–C) groups is 1. The van der Waals surface area contributed by atoms with Crippen LogP contribution in [0, 0.1) is 12.8 Å². The van der Waals surface area contributed by atoms with Crippen LogP contribution in [-0.2, 0) is 17.6 Å². The van der Waals surface area contributed by atoms with Gasteiger partial charge in [0.2, 0.25) is 0 Å². The molecule has 8 nitrogen and oxygen atoms in total. The number of fused-ring (bicyclic) bond motifs is 1. The fourth-order valence-corrected chi connectivity index (χ4v) is 3.97. The molecule has 5 rings (SSSR count). The first-order valence-corrected chi connectivity index (χ1v) is 10.4. The molecule has 158 valence electrons. The number of rotatable bonds is 7.